The first-order valence-electron chi connectivity index (χ1n) is 8.63. The van der Waals surface area contributed by atoms with Crippen molar-refractivity contribution in [2.24, 2.45) is 0 Å². The van der Waals surface area contributed by atoms with Crippen LogP contribution in [0.3, 0.4) is 0 Å². The molecule has 0 fully saturated rings. The fraction of sp³-hybridized carbons (Fsp3) is 0.263. The van der Waals surface area contributed by atoms with E-state index in [1.807, 2.05) is 0 Å². The SMILES string of the molecule is CCOC(=O)c1c(NC(=O)COC(=O)c2ccc(N)cc2)sc(C(=O)NC)c1C. The second kappa shape index (κ2) is 9.69. The molecule has 0 bridgehead atoms. The summed E-state index contributed by atoms with van der Waals surface area (Å²) in [5.41, 5.74) is 6.78. The monoisotopic (exact) mass is 419 g/mol. The van der Waals surface area contributed by atoms with Crippen molar-refractivity contribution in [3.05, 3.63) is 45.8 Å². The minimum atomic E-state index is -0.695. The first kappa shape index (κ1) is 21.9. The lowest BCUT2D eigenvalue weighted by atomic mass is 10.1. The summed E-state index contributed by atoms with van der Waals surface area (Å²) in [7, 11) is 1.46. The molecule has 4 N–H and O–H groups in total. The van der Waals surface area contributed by atoms with Crippen LogP contribution in [0.15, 0.2) is 24.3 Å². The molecule has 0 aliphatic rings. The van der Waals surface area contributed by atoms with Crippen LogP contribution in [0, 0.1) is 6.92 Å². The van der Waals surface area contributed by atoms with E-state index in [1.165, 1.54) is 31.3 Å². The van der Waals surface area contributed by atoms with E-state index in [4.69, 9.17) is 15.2 Å². The third-order valence-electron chi connectivity index (χ3n) is 3.79. The van der Waals surface area contributed by atoms with Crippen molar-refractivity contribution < 1.29 is 28.7 Å². The van der Waals surface area contributed by atoms with Crippen LogP contribution in [0.2, 0.25) is 0 Å². The minimum absolute atomic E-state index is 0.0914. The molecule has 0 saturated heterocycles. The maximum absolute atomic E-state index is 12.3. The van der Waals surface area contributed by atoms with Crippen molar-refractivity contribution >= 4 is 45.8 Å². The molecule has 10 heteroatoms. The summed E-state index contributed by atoms with van der Waals surface area (Å²) < 4.78 is 9.99. The number of nitrogen functional groups attached to an aromatic ring is 1. The number of thiophene rings is 1. The van der Waals surface area contributed by atoms with E-state index in [0.29, 0.717) is 11.3 Å². The third-order valence-corrected chi connectivity index (χ3v) is 5.00. The highest BCUT2D eigenvalue weighted by Gasteiger charge is 2.26. The molecule has 1 heterocycles. The maximum Gasteiger partial charge on any atom is 0.341 e. The average molecular weight is 419 g/mol. The zero-order valence-electron chi connectivity index (χ0n) is 16.2. The van der Waals surface area contributed by atoms with Crippen molar-refractivity contribution in [2.45, 2.75) is 13.8 Å². The molecule has 0 aliphatic heterocycles. The van der Waals surface area contributed by atoms with Crippen molar-refractivity contribution in [3.63, 3.8) is 0 Å². The van der Waals surface area contributed by atoms with E-state index >= 15 is 0 Å². The molecule has 0 spiro atoms. The Morgan fingerprint density at radius 1 is 1.07 bits per heavy atom. The summed E-state index contributed by atoms with van der Waals surface area (Å²) >= 11 is 0.934. The highest BCUT2D eigenvalue weighted by molar-refractivity contribution is 7.18. The number of nitrogens with one attached hydrogen (secondary N) is 2. The van der Waals surface area contributed by atoms with Gasteiger partial charge >= 0.3 is 11.9 Å². The van der Waals surface area contributed by atoms with E-state index in [0.717, 1.165) is 11.3 Å². The Bertz CT molecular complexity index is 936. The third kappa shape index (κ3) is 5.32. The normalized spacial score (nSPS) is 10.2. The summed E-state index contributed by atoms with van der Waals surface area (Å²) in [4.78, 5) is 48.8. The van der Waals surface area contributed by atoms with Gasteiger partial charge in [0.05, 0.1) is 22.6 Å². The predicted octanol–water partition coefficient (Wildman–Crippen LogP) is 1.97. The van der Waals surface area contributed by atoms with Gasteiger partial charge in [-0.15, -0.1) is 11.3 Å². The van der Waals surface area contributed by atoms with Crippen LogP contribution < -0.4 is 16.4 Å². The number of hydrogen-bond acceptors (Lipinski definition) is 8. The number of esters is 2. The van der Waals surface area contributed by atoms with Crippen LogP contribution in [0.4, 0.5) is 10.7 Å². The zero-order chi connectivity index (χ0) is 21.6. The highest BCUT2D eigenvalue weighted by atomic mass is 32.1. The highest BCUT2D eigenvalue weighted by Crippen LogP contribution is 2.33. The lowest BCUT2D eigenvalue weighted by molar-refractivity contribution is -0.119. The van der Waals surface area contributed by atoms with Gasteiger partial charge in [0.15, 0.2) is 6.61 Å². The van der Waals surface area contributed by atoms with E-state index in [9.17, 15) is 19.2 Å². The smallest absolute Gasteiger partial charge is 0.341 e. The number of carbonyl (C=O) groups excluding carboxylic acids is 4. The zero-order valence-corrected chi connectivity index (χ0v) is 17.0. The van der Waals surface area contributed by atoms with Crippen LogP contribution in [-0.2, 0) is 14.3 Å². The Labute approximate surface area is 171 Å². The molecule has 0 aliphatic carbocycles. The molecule has 1 aromatic heterocycles. The number of benzene rings is 1. The number of hydrogen-bond donors (Lipinski definition) is 3. The first-order chi connectivity index (χ1) is 13.8. The molecular weight excluding hydrogens is 398 g/mol. The van der Waals surface area contributed by atoms with Crippen molar-refractivity contribution in [1.29, 1.82) is 0 Å². The number of anilines is 2. The van der Waals surface area contributed by atoms with Gasteiger partial charge in [-0.3, -0.25) is 9.59 Å². The summed E-state index contributed by atoms with van der Waals surface area (Å²) in [6.07, 6.45) is 0. The number of nitrogens with two attached hydrogens (primary N) is 1. The van der Waals surface area contributed by atoms with Crippen LogP contribution in [0.1, 0.15) is 42.9 Å². The second-order valence-electron chi connectivity index (χ2n) is 5.81. The quantitative estimate of drug-likeness (QED) is 0.461. The van der Waals surface area contributed by atoms with Gasteiger partial charge in [0.2, 0.25) is 0 Å². The summed E-state index contributed by atoms with van der Waals surface area (Å²) in [6.45, 7) is 2.80. The van der Waals surface area contributed by atoms with Gasteiger partial charge < -0.3 is 25.8 Å². The fourth-order valence-electron chi connectivity index (χ4n) is 2.38. The fourth-order valence-corrected chi connectivity index (χ4v) is 3.53. The van der Waals surface area contributed by atoms with Gasteiger partial charge in [-0.1, -0.05) is 0 Å². The molecule has 2 rings (SSSR count). The predicted molar refractivity (Wildman–Crippen MR) is 108 cm³/mol. The Hall–Kier alpha value is -3.40. The minimum Gasteiger partial charge on any atom is -0.462 e. The first-order valence-corrected chi connectivity index (χ1v) is 9.45. The molecule has 1 aromatic carbocycles. The molecule has 0 atom stereocenters. The molecule has 0 unspecified atom stereocenters. The van der Waals surface area contributed by atoms with E-state index in [1.54, 1.807) is 13.8 Å². The number of carbonyl (C=O) groups is 4. The lowest BCUT2D eigenvalue weighted by Crippen LogP contribution is -2.21. The lowest BCUT2D eigenvalue weighted by Gasteiger charge is -2.08. The van der Waals surface area contributed by atoms with Crippen LogP contribution in [0.5, 0.6) is 0 Å². The van der Waals surface area contributed by atoms with E-state index in [-0.39, 0.29) is 27.6 Å². The molecule has 0 radical (unpaired) electrons. The van der Waals surface area contributed by atoms with Gasteiger partial charge in [0.1, 0.15) is 5.00 Å². The van der Waals surface area contributed by atoms with E-state index < -0.39 is 30.4 Å². The topological polar surface area (TPSA) is 137 Å². The average Bonchev–Trinajstić information content (AvgIpc) is 3.02. The van der Waals surface area contributed by atoms with Gasteiger partial charge in [0.25, 0.3) is 11.8 Å². The standard InChI is InChI=1S/C19H21N3O6S/c1-4-27-19(26)14-10(2)15(16(24)21-3)29-17(14)22-13(23)9-28-18(25)11-5-7-12(20)8-6-11/h5-8H,4,9,20H2,1-3H3,(H,21,24)(H,22,23). The molecule has 0 saturated carbocycles. The second-order valence-corrected chi connectivity index (χ2v) is 6.83. The van der Waals surface area contributed by atoms with E-state index in [2.05, 4.69) is 10.6 Å². The molecule has 9 nitrogen and oxygen atoms in total. The van der Waals surface area contributed by atoms with Gasteiger partial charge in [-0.05, 0) is 43.7 Å². The maximum atomic E-state index is 12.3. The van der Waals surface area contributed by atoms with Gasteiger partial charge in [-0.25, -0.2) is 9.59 Å². The van der Waals surface area contributed by atoms with Crippen molar-refractivity contribution in [1.82, 2.24) is 5.32 Å². The number of ether oxygens (including phenoxy) is 2. The van der Waals surface area contributed by atoms with Crippen molar-refractivity contribution in [3.8, 4) is 0 Å². The Morgan fingerprint density at radius 2 is 1.72 bits per heavy atom. The summed E-state index contributed by atoms with van der Waals surface area (Å²) in [5, 5.41) is 5.13. The largest absolute Gasteiger partial charge is 0.462 e. The molecule has 154 valence electrons. The molecular formula is C19H21N3O6S. The Morgan fingerprint density at radius 3 is 2.31 bits per heavy atom. The number of amides is 2. The number of rotatable bonds is 7. The molecule has 29 heavy (non-hydrogen) atoms. The van der Waals surface area contributed by atoms with Crippen LogP contribution >= 0.6 is 11.3 Å². The summed E-state index contributed by atoms with van der Waals surface area (Å²) in [6, 6.07) is 6.04. The Balaban J connectivity index is 2.13. The van der Waals surface area contributed by atoms with Crippen LogP contribution in [-0.4, -0.2) is 44.0 Å². The summed E-state index contributed by atoms with van der Waals surface area (Å²) in [5.74, 6) is -2.41. The molecule has 2 amide bonds. The van der Waals surface area contributed by atoms with Gasteiger partial charge in [0, 0.05) is 12.7 Å². The van der Waals surface area contributed by atoms with Gasteiger partial charge in [-0.2, -0.15) is 0 Å². The Kier molecular flexibility index (Phi) is 7.32. The molecule has 2 aromatic rings. The van der Waals surface area contributed by atoms with Crippen molar-refractivity contribution in [2.75, 3.05) is 31.3 Å². The van der Waals surface area contributed by atoms with Crippen LogP contribution in [0.25, 0.3) is 0 Å².